The van der Waals surface area contributed by atoms with Crippen molar-refractivity contribution in [2.45, 2.75) is 18.3 Å². The summed E-state index contributed by atoms with van der Waals surface area (Å²) in [4.78, 5) is 20.8. The average molecular weight is 328 g/mol. The monoisotopic (exact) mass is 328 g/mol. The predicted octanol–water partition coefficient (Wildman–Crippen LogP) is -0.603. The smallest absolute Gasteiger partial charge is 0.377 e. The lowest BCUT2D eigenvalue weighted by atomic mass is 10.1. The number of carbonyl (C=O) groups is 2. The predicted molar refractivity (Wildman–Crippen MR) is 74.3 cm³/mol. The first-order valence-corrected chi connectivity index (χ1v) is 6.37. The number of cyclic esters (lactones) is 1. The van der Waals surface area contributed by atoms with E-state index in [9.17, 15) is 9.59 Å². The molecule has 0 fully saturated rings. The summed E-state index contributed by atoms with van der Waals surface area (Å²) < 4.78 is 4.32. The second-order valence-electron chi connectivity index (χ2n) is 4.46. The van der Waals surface area contributed by atoms with Gasteiger partial charge in [0.25, 0.3) is 0 Å². The normalized spacial score (nSPS) is 19.4. The molecule has 1 unspecified atom stereocenters. The van der Waals surface area contributed by atoms with Gasteiger partial charge in [0, 0.05) is 0 Å². The summed E-state index contributed by atoms with van der Waals surface area (Å²) in [6.45, 7) is -0.671. The molecule has 0 radical (unpaired) electrons. The molecule has 2 rings (SSSR count). The Morgan fingerprint density at radius 1 is 1.17 bits per heavy atom. The maximum absolute atomic E-state index is 10.5. The molecular weight excluding hydrogens is 312 g/mol. The van der Waals surface area contributed by atoms with Crippen LogP contribution in [0.2, 0.25) is 0 Å². The van der Waals surface area contributed by atoms with E-state index in [0.717, 1.165) is 0 Å². The fourth-order valence-corrected chi connectivity index (χ4v) is 1.60. The standard InChI is InChI=1S/C8H8O3.C6H8O6/c9-7(8(10)11)6-4-2-1-3-5-6;7-1-2(8)5-3(9)4(10)6(11)12-5/h1-5,7,9H,(H,10,11);2,5,7-10H,1H2/t;2-,5+/m.0/s1. The van der Waals surface area contributed by atoms with Gasteiger partial charge in [0.05, 0.1) is 6.61 Å². The molecule has 0 amide bonds. The zero-order chi connectivity index (χ0) is 17.6. The first-order chi connectivity index (χ1) is 10.8. The van der Waals surface area contributed by atoms with Crippen LogP contribution in [-0.4, -0.2) is 61.4 Å². The number of hydrogen-bond donors (Lipinski definition) is 6. The van der Waals surface area contributed by atoms with E-state index in [1.165, 1.54) is 0 Å². The van der Waals surface area contributed by atoms with Crippen molar-refractivity contribution in [3.05, 3.63) is 47.4 Å². The molecule has 0 saturated carbocycles. The zero-order valence-corrected chi connectivity index (χ0v) is 11.7. The van der Waals surface area contributed by atoms with Gasteiger partial charge in [-0.05, 0) is 5.56 Å². The maximum atomic E-state index is 10.5. The van der Waals surface area contributed by atoms with Crippen LogP contribution in [0.5, 0.6) is 0 Å². The molecule has 126 valence electrons. The number of aliphatic carboxylic acids is 1. The van der Waals surface area contributed by atoms with Crippen LogP contribution >= 0.6 is 0 Å². The molecule has 0 saturated heterocycles. The van der Waals surface area contributed by atoms with E-state index in [0.29, 0.717) is 5.56 Å². The molecule has 0 aromatic heterocycles. The van der Waals surface area contributed by atoms with E-state index in [-0.39, 0.29) is 0 Å². The van der Waals surface area contributed by atoms with Gasteiger partial charge in [-0.2, -0.15) is 0 Å². The highest BCUT2D eigenvalue weighted by Crippen LogP contribution is 2.20. The summed E-state index contributed by atoms with van der Waals surface area (Å²) in [6, 6.07) is 8.26. The van der Waals surface area contributed by atoms with Gasteiger partial charge in [0.2, 0.25) is 5.76 Å². The van der Waals surface area contributed by atoms with Crippen LogP contribution in [0.15, 0.2) is 41.9 Å². The Balaban J connectivity index is 0.000000231. The van der Waals surface area contributed by atoms with Crippen molar-refractivity contribution < 1.29 is 45.0 Å². The third-order valence-corrected chi connectivity index (χ3v) is 2.83. The molecular formula is C14H16O9. The summed E-state index contributed by atoms with van der Waals surface area (Å²) in [5.74, 6) is -4.00. The number of carbonyl (C=O) groups excluding carboxylic acids is 1. The molecule has 0 spiro atoms. The van der Waals surface area contributed by atoms with Crippen molar-refractivity contribution >= 4 is 11.9 Å². The Kier molecular flexibility index (Phi) is 6.51. The number of carboxylic acids is 1. The zero-order valence-electron chi connectivity index (χ0n) is 11.7. The summed E-state index contributed by atoms with van der Waals surface area (Å²) >= 11 is 0. The molecule has 1 aliphatic rings. The maximum Gasteiger partial charge on any atom is 0.377 e. The second-order valence-corrected chi connectivity index (χ2v) is 4.46. The minimum Gasteiger partial charge on any atom is -0.505 e. The van der Waals surface area contributed by atoms with Crippen molar-refractivity contribution in [2.75, 3.05) is 6.61 Å². The molecule has 1 aromatic rings. The lowest BCUT2D eigenvalue weighted by Gasteiger charge is -2.13. The van der Waals surface area contributed by atoms with Crippen molar-refractivity contribution in [3.63, 3.8) is 0 Å². The van der Waals surface area contributed by atoms with Crippen LogP contribution in [0.1, 0.15) is 11.7 Å². The van der Waals surface area contributed by atoms with Crippen molar-refractivity contribution in [1.29, 1.82) is 0 Å². The number of carboxylic acid groups (broad SMARTS) is 1. The van der Waals surface area contributed by atoms with E-state index < -0.39 is 48.4 Å². The fourth-order valence-electron chi connectivity index (χ4n) is 1.60. The van der Waals surface area contributed by atoms with Crippen LogP contribution < -0.4 is 0 Å². The Labute approximate surface area is 130 Å². The highest BCUT2D eigenvalue weighted by Gasteiger charge is 2.38. The Morgan fingerprint density at radius 2 is 1.74 bits per heavy atom. The van der Waals surface area contributed by atoms with E-state index in [2.05, 4.69) is 4.74 Å². The summed E-state index contributed by atoms with van der Waals surface area (Å²) in [5.41, 5.74) is 0.403. The third-order valence-electron chi connectivity index (χ3n) is 2.83. The summed E-state index contributed by atoms with van der Waals surface area (Å²) in [7, 11) is 0. The Morgan fingerprint density at radius 3 is 2.13 bits per heavy atom. The minimum absolute atomic E-state index is 0.403. The highest BCUT2D eigenvalue weighted by atomic mass is 16.6. The molecule has 9 nitrogen and oxygen atoms in total. The number of benzene rings is 1. The largest absolute Gasteiger partial charge is 0.505 e. The van der Waals surface area contributed by atoms with Crippen LogP contribution in [0.4, 0.5) is 0 Å². The van der Waals surface area contributed by atoms with Gasteiger partial charge in [-0.25, -0.2) is 9.59 Å². The first-order valence-electron chi connectivity index (χ1n) is 6.37. The Hall–Kier alpha value is -2.62. The van der Waals surface area contributed by atoms with Crippen LogP contribution in [0.25, 0.3) is 0 Å². The number of hydrogen-bond acceptors (Lipinski definition) is 8. The fraction of sp³-hybridized carbons (Fsp3) is 0.286. The molecule has 3 atom stereocenters. The molecule has 23 heavy (non-hydrogen) atoms. The molecule has 0 bridgehead atoms. The van der Waals surface area contributed by atoms with Crippen molar-refractivity contribution in [3.8, 4) is 0 Å². The second kappa shape index (κ2) is 8.13. The van der Waals surface area contributed by atoms with Gasteiger partial charge >= 0.3 is 11.9 Å². The molecule has 9 heteroatoms. The van der Waals surface area contributed by atoms with Gasteiger partial charge < -0.3 is 35.4 Å². The molecule has 1 aromatic carbocycles. The number of aliphatic hydroxyl groups excluding tert-OH is 5. The number of ether oxygens (including phenoxy) is 1. The van der Waals surface area contributed by atoms with E-state index in [1.54, 1.807) is 30.3 Å². The third kappa shape index (κ3) is 4.68. The number of aliphatic hydroxyl groups is 5. The first kappa shape index (κ1) is 18.4. The molecule has 1 aliphatic heterocycles. The van der Waals surface area contributed by atoms with Crippen LogP contribution in [-0.2, 0) is 14.3 Å². The SMILES string of the molecule is O=C(O)C(O)c1ccccc1.O=C1O[C@H]([C@@H](O)CO)C(O)=C1O. The lowest BCUT2D eigenvalue weighted by Crippen LogP contribution is -2.31. The van der Waals surface area contributed by atoms with Gasteiger partial charge in [0.1, 0.15) is 6.10 Å². The summed E-state index contributed by atoms with van der Waals surface area (Å²) in [5, 5.41) is 52.4. The molecule has 1 heterocycles. The highest BCUT2D eigenvalue weighted by molar-refractivity contribution is 5.89. The topological polar surface area (TPSA) is 165 Å². The van der Waals surface area contributed by atoms with Crippen molar-refractivity contribution in [1.82, 2.24) is 0 Å². The minimum atomic E-state index is -1.42. The number of rotatable bonds is 4. The van der Waals surface area contributed by atoms with E-state index in [4.69, 9.17) is 30.6 Å². The quantitative estimate of drug-likeness (QED) is 0.396. The molecule has 6 N–H and O–H groups in total. The van der Waals surface area contributed by atoms with Gasteiger partial charge in [-0.1, -0.05) is 30.3 Å². The number of esters is 1. The van der Waals surface area contributed by atoms with Gasteiger partial charge in [-0.3, -0.25) is 0 Å². The Bertz CT molecular complexity index is 581. The summed E-state index contributed by atoms with van der Waals surface area (Å²) in [6.07, 6.45) is -4.18. The van der Waals surface area contributed by atoms with Crippen molar-refractivity contribution in [2.24, 2.45) is 0 Å². The van der Waals surface area contributed by atoms with E-state index in [1.807, 2.05) is 0 Å². The molecule has 0 aliphatic carbocycles. The lowest BCUT2D eigenvalue weighted by molar-refractivity contribution is -0.148. The van der Waals surface area contributed by atoms with Gasteiger partial charge in [0.15, 0.2) is 18.0 Å². The van der Waals surface area contributed by atoms with E-state index >= 15 is 0 Å². The van der Waals surface area contributed by atoms with Gasteiger partial charge in [-0.15, -0.1) is 0 Å². The van der Waals surface area contributed by atoms with Crippen LogP contribution in [0, 0.1) is 0 Å². The van der Waals surface area contributed by atoms with Crippen LogP contribution in [0.3, 0.4) is 0 Å². The average Bonchev–Trinajstić information content (AvgIpc) is 2.82.